The van der Waals surface area contributed by atoms with Crippen LogP contribution in [0, 0.1) is 5.82 Å². The molecule has 0 unspecified atom stereocenters. The van der Waals surface area contributed by atoms with Crippen LogP contribution in [0.1, 0.15) is 49.5 Å². The number of thioether (sulfide) groups is 1. The maximum Gasteiger partial charge on any atom is 0.243 e. The van der Waals surface area contributed by atoms with Crippen molar-refractivity contribution in [3.63, 3.8) is 0 Å². The van der Waals surface area contributed by atoms with Gasteiger partial charge in [-0.3, -0.25) is 4.79 Å². The lowest BCUT2D eigenvalue weighted by molar-refractivity contribution is -0.116. The first kappa shape index (κ1) is 19.6. The molecule has 3 rings (SSSR count). The summed E-state index contributed by atoms with van der Waals surface area (Å²) in [6, 6.07) is 6.66. The van der Waals surface area contributed by atoms with Crippen LogP contribution in [0.5, 0.6) is 0 Å². The van der Waals surface area contributed by atoms with Crippen molar-refractivity contribution in [1.82, 2.24) is 20.1 Å². The molecule has 1 N–H and O–H groups in total. The van der Waals surface area contributed by atoms with Gasteiger partial charge in [0.05, 0.1) is 0 Å². The second kappa shape index (κ2) is 9.69. The van der Waals surface area contributed by atoms with Crippen molar-refractivity contribution in [2.24, 2.45) is 0 Å². The Morgan fingerprint density at radius 1 is 1.37 bits per heavy atom. The van der Waals surface area contributed by atoms with E-state index in [1.54, 1.807) is 30.0 Å². The Morgan fingerprint density at radius 2 is 2.19 bits per heavy atom. The highest BCUT2D eigenvalue weighted by Gasteiger charge is 2.23. The molecule has 0 spiro atoms. The fraction of sp³-hybridized carbons (Fsp3) is 0.450. The molecular weight excluding hydrogens is 363 g/mol. The quantitative estimate of drug-likeness (QED) is 0.422. The predicted octanol–water partition coefficient (Wildman–Crippen LogP) is 4.02. The smallest absolute Gasteiger partial charge is 0.243 e. The number of halogens is 1. The first-order valence-electron chi connectivity index (χ1n) is 9.36. The number of amides is 1. The minimum Gasteiger partial charge on any atom is -0.353 e. The molecule has 7 heteroatoms. The minimum atomic E-state index is -0.312. The molecule has 2 aromatic rings. The van der Waals surface area contributed by atoms with Crippen molar-refractivity contribution >= 4 is 23.7 Å². The van der Waals surface area contributed by atoms with Crippen molar-refractivity contribution in [3.05, 3.63) is 47.5 Å². The molecule has 0 radical (unpaired) electrons. The van der Waals surface area contributed by atoms with E-state index in [-0.39, 0.29) is 11.7 Å². The lowest BCUT2D eigenvalue weighted by atomic mass is 10.2. The topological polar surface area (TPSA) is 59.8 Å². The molecule has 0 aliphatic heterocycles. The van der Waals surface area contributed by atoms with E-state index < -0.39 is 0 Å². The molecule has 1 fully saturated rings. The maximum absolute atomic E-state index is 13.1. The summed E-state index contributed by atoms with van der Waals surface area (Å²) in [6.07, 6.45) is 11.6. The first-order valence-corrected chi connectivity index (χ1v) is 10.6. The Morgan fingerprint density at radius 3 is 2.93 bits per heavy atom. The molecule has 144 valence electrons. The van der Waals surface area contributed by atoms with Crippen LogP contribution in [0.25, 0.3) is 6.08 Å². The number of benzene rings is 1. The third kappa shape index (κ3) is 5.42. The molecule has 1 saturated carbocycles. The van der Waals surface area contributed by atoms with Crippen molar-refractivity contribution in [3.8, 4) is 0 Å². The fourth-order valence-corrected chi connectivity index (χ4v) is 4.02. The van der Waals surface area contributed by atoms with E-state index in [0.29, 0.717) is 18.2 Å². The molecule has 1 aliphatic rings. The number of aryl methyl sites for hydroxylation is 1. The third-order valence-electron chi connectivity index (χ3n) is 4.76. The van der Waals surface area contributed by atoms with Gasteiger partial charge < -0.3 is 9.88 Å². The van der Waals surface area contributed by atoms with Gasteiger partial charge in [-0.05, 0) is 49.3 Å². The Hall–Kier alpha value is -2.15. The predicted molar refractivity (Wildman–Crippen MR) is 106 cm³/mol. The van der Waals surface area contributed by atoms with Gasteiger partial charge in [-0.2, -0.15) is 0 Å². The summed E-state index contributed by atoms with van der Waals surface area (Å²) in [5.74, 6) is 0.519. The van der Waals surface area contributed by atoms with Gasteiger partial charge in [-0.15, -0.1) is 10.2 Å². The number of nitrogens with zero attached hydrogens (tertiary/aromatic N) is 3. The van der Waals surface area contributed by atoms with Crippen LogP contribution in [0.4, 0.5) is 4.39 Å². The second-order valence-corrected chi connectivity index (χ2v) is 7.47. The first-order chi connectivity index (χ1) is 13.2. The number of carbonyl (C=O) groups is 1. The van der Waals surface area contributed by atoms with Gasteiger partial charge in [0.15, 0.2) is 5.16 Å². The summed E-state index contributed by atoms with van der Waals surface area (Å²) in [7, 11) is 0. The lowest BCUT2D eigenvalue weighted by Gasteiger charge is -2.16. The number of hydrogen-bond acceptors (Lipinski definition) is 4. The average molecular weight is 389 g/mol. The summed E-state index contributed by atoms with van der Waals surface area (Å²) in [6.45, 7) is 0.568. The summed E-state index contributed by atoms with van der Waals surface area (Å²) >= 11 is 1.64. The van der Waals surface area contributed by atoms with E-state index in [2.05, 4.69) is 20.1 Å². The Kier molecular flexibility index (Phi) is 7.04. The lowest BCUT2D eigenvalue weighted by Crippen LogP contribution is -2.23. The standard InChI is InChI=1S/C20H25FN4OS/c1-27-20-24-23-18(25(20)17-8-2-3-9-17)10-5-13-22-19(26)12-11-15-6-4-7-16(21)14-15/h4,6-7,11-12,14,17H,2-3,5,8-10,13H2,1H3,(H,22,26)/b12-11+. The Labute approximate surface area is 163 Å². The van der Waals surface area contributed by atoms with Crippen LogP contribution in [-0.4, -0.2) is 33.5 Å². The summed E-state index contributed by atoms with van der Waals surface area (Å²) in [4.78, 5) is 11.9. The Balaban J connectivity index is 1.47. The van der Waals surface area contributed by atoms with Crippen LogP contribution in [0.3, 0.4) is 0 Å². The second-order valence-electron chi connectivity index (χ2n) is 6.69. The normalized spacial score (nSPS) is 14.9. The van der Waals surface area contributed by atoms with Crippen molar-refractivity contribution in [1.29, 1.82) is 0 Å². The van der Waals surface area contributed by atoms with Gasteiger partial charge in [0, 0.05) is 25.1 Å². The van der Waals surface area contributed by atoms with Crippen molar-refractivity contribution in [2.45, 2.75) is 49.7 Å². The van der Waals surface area contributed by atoms with E-state index in [9.17, 15) is 9.18 Å². The molecule has 1 aromatic carbocycles. The molecular formula is C20H25FN4OS. The van der Waals surface area contributed by atoms with Crippen LogP contribution < -0.4 is 5.32 Å². The molecule has 1 heterocycles. The molecule has 27 heavy (non-hydrogen) atoms. The maximum atomic E-state index is 13.1. The van der Waals surface area contributed by atoms with E-state index >= 15 is 0 Å². The van der Waals surface area contributed by atoms with E-state index in [1.165, 1.54) is 43.9 Å². The SMILES string of the molecule is CSc1nnc(CCCNC(=O)/C=C/c2cccc(F)c2)n1C1CCCC1. The van der Waals surface area contributed by atoms with Gasteiger partial charge in [-0.25, -0.2) is 4.39 Å². The molecule has 1 amide bonds. The molecule has 1 aromatic heterocycles. The highest BCUT2D eigenvalue weighted by Crippen LogP contribution is 2.33. The van der Waals surface area contributed by atoms with Crippen LogP contribution in [-0.2, 0) is 11.2 Å². The molecule has 5 nitrogen and oxygen atoms in total. The van der Waals surface area contributed by atoms with E-state index in [0.717, 1.165) is 23.8 Å². The highest BCUT2D eigenvalue weighted by atomic mass is 32.2. The van der Waals surface area contributed by atoms with Crippen LogP contribution in [0.15, 0.2) is 35.5 Å². The number of aromatic nitrogens is 3. The molecule has 0 atom stereocenters. The zero-order valence-corrected chi connectivity index (χ0v) is 16.3. The zero-order chi connectivity index (χ0) is 19.1. The monoisotopic (exact) mass is 388 g/mol. The summed E-state index contributed by atoms with van der Waals surface area (Å²) < 4.78 is 15.4. The molecule has 1 aliphatic carbocycles. The Bertz CT molecular complexity index is 799. The summed E-state index contributed by atoms with van der Waals surface area (Å²) in [5.41, 5.74) is 0.666. The minimum absolute atomic E-state index is 0.179. The number of rotatable bonds is 8. The van der Waals surface area contributed by atoms with Gasteiger partial charge in [0.1, 0.15) is 11.6 Å². The molecule has 0 saturated heterocycles. The number of nitrogens with one attached hydrogen (secondary N) is 1. The van der Waals surface area contributed by atoms with Crippen molar-refractivity contribution in [2.75, 3.05) is 12.8 Å². The zero-order valence-electron chi connectivity index (χ0n) is 15.5. The fourth-order valence-electron chi connectivity index (χ4n) is 3.45. The van der Waals surface area contributed by atoms with Crippen molar-refractivity contribution < 1.29 is 9.18 Å². The van der Waals surface area contributed by atoms with Gasteiger partial charge in [0.2, 0.25) is 5.91 Å². The third-order valence-corrected chi connectivity index (χ3v) is 5.40. The van der Waals surface area contributed by atoms with Gasteiger partial charge in [0.25, 0.3) is 0 Å². The van der Waals surface area contributed by atoms with E-state index in [1.807, 2.05) is 6.26 Å². The number of carbonyl (C=O) groups excluding carboxylic acids is 1. The van der Waals surface area contributed by atoms with Gasteiger partial charge >= 0.3 is 0 Å². The molecule has 0 bridgehead atoms. The average Bonchev–Trinajstić information content (AvgIpc) is 3.32. The van der Waals surface area contributed by atoms with Crippen LogP contribution in [0.2, 0.25) is 0 Å². The summed E-state index contributed by atoms with van der Waals surface area (Å²) in [5, 5.41) is 12.5. The van der Waals surface area contributed by atoms with Crippen LogP contribution >= 0.6 is 11.8 Å². The van der Waals surface area contributed by atoms with Gasteiger partial charge in [-0.1, -0.05) is 36.7 Å². The largest absolute Gasteiger partial charge is 0.353 e. The number of hydrogen-bond donors (Lipinski definition) is 1. The highest BCUT2D eigenvalue weighted by molar-refractivity contribution is 7.98. The van der Waals surface area contributed by atoms with E-state index in [4.69, 9.17) is 0 Å².